The van der Waals surface area contributed by atoms with Gasteiger partial charge in [0.15, 0.2) is 6.61 Å². The van der Waals surface area contributed by atoms with Crippen molar-refractivity contribution >= 4 is 17.9 Å². The topological polar surface area (TPSA) is 79.4 Å². The Hall–Kier alpha value is -2.77. The molecule has 0 aromatic heterocycles. The number of carbonyl (C=O) groups is 3. The molecule has 3 amide bonds. The van der Waals surface area contributed by atoms with E-state index in [0.717, 1.165) is 6.42 Å². The summed E-state index contributed by atoms with van der Waals surface area (Å²) in [4.78, 5) is 42.2. The molecular formula is C21H29N3O5. The molecule has 2 fully saturated rings. The first-order valence-corrected chi connectivity index (χ1v) is 10.2. The summed E-state index contributed by atoms with van der Waals surface area (Å²) >= 11 is 0. The van der Waals surface area contributed by atoms with Crippen LogP contribution in [0, 0.1) is 5.92 Å². The molecule has 158 valence electrons. The van der Waals surface area contributed by atoms with Crippen LogP contribution in [0.5, 0.6) is 5.75 Å². The molecule has 0 radical (unpaired) electrons. The molecule has 1 aromatic carbocycles. The Labute approximate surface area is 171 Å². The van der Waals surface area contributed by atoms with Crippen molar-refractivity contribution in [3.8, 4) is 5.75 Å². The molecule has 2 saturated heterocycles. The number of piperidine rings is 1. The second-order valence-electron chi connectivity index (χ2n) is 7.39. The van der Waals surface area contributed by atoms with Crippen LogP contribution >= 0.6 is 0 Å². The number of methoxy groups -OCH3 is 1. The van der Waals surface area contributed by atoms with Gasteiger partial charge in [-0.05, 0) is 31.4 Å². The first-order chi connectivity index (χ1) is 14.1. The summed E-state index contributed by atoms with van der Waals surface area (Å²) in [5.41, 5.74) is 0. The van der Waals surface area contributed by atoms with Crippen LogP contribution in [0.2, 0.25) is 0 Å². The SMILES string of the molecule is COC(=O)N1CCCN(C(=O)C2CCN(C(=O)COc3ccccc3)CC2)CC1. The first-order valence-electron chi connectivity index (χ1n) is 10.2. The Morgan fingerprint density at radius 1 is 0.897 bits per heavy atom. The number of ether oxygens (including phenoxy) is 2. The Morgan fingerprint density at radius 2 is 1.55 bits per heavy atom. The van der Waals surface area contributed by atoms with E-state index in [1.807, 2.05) is 35.2 Å². The molecule has 0 atom stereocenters. The minimum atomic E-state index is -0.344. The molecular weight excluding hydrogens is 374 g/mol. The number of hydrogen-bond donors (Lipinski definition) is 0. The average molecular weight is 403 g/mol. The Bertz CT molecular complexity index is 704. The molecule has 0 bridgehead atoms. The number of hydrogen-bond acceptors (Lipinski definition) is 5. The van der Waals surface area contributed by atoms with Crippen LogP contribution in [0.3, 0.4) is 0 Å². The maximum Gasteiger partial charge on any atom is 0.409 e. The smallest absolute Gasteiger partial charge is 0.409 e. The summed E-state index contributed by atoms with van der Waals surface area (Å²) in [6.07, 6.45) is 1.72. The van der Waals surface area contributed by atoms with E-state index < -0.39 is 0 Å². The van der Waals surface area contributed by atoms with Crippen molar-refractivity contribution in [3.63, 3.8) is 0 Å². The van der Waals surface area contributed by atoms with Crippen molar-refractivity contribution in [2.75, 3.05) is 53.0 Å². The quantitative estimate of drug-likeness (QED) is 0.763. The van der Waals surface area contributed by atoms with E-state index in [1.165, 1.54) is 7.11 Å². The van der Waals surface area contributed by atoms with Gasteiger partial charge in [0.2, 0.25) is 5.91 Å². The summed E-state index contributed by atoms with van der Waals surface area (Å²) in [6.45, 7) is 3.41. The van der Waals surface area contributed by atoms with Crippen molar-refractivity contribution in [1.29, 1.82) is 0 Å². The first kappa shape index (κ1) is 21.0. The molecule has 1 aromatic rings. The third kappa shape index (κ3) is 5.62. The van der Waals surface area contributed by atoms with Gasteiger partial charge in [0.25, 0.3) is 5.91 Å². The van der Waals surface area contributed by atoms with Crippen LogP contribution in [0.25, 0.3) is 0 Å². The van der Waals surface area contributed by atoms with E-state index in [4.69, 9.17) is 9.47 Å². The monoisotopic (exact) mass is 403 g/mol. The van der Waals surface area contributed by atoms with Gasteiger partial charge in [0.1, 0.15) is 5.75 Å². The summed E-state index contributed by atoms with van der Waals surface area (Å²) in [7, 11) is 1.37. The van der Waals surface area contributed by atoms with Gasteiger partial charge in [-0.2, -0.15) is 0 Å². The number of benzene rings is 1. The van der Waals surface area contributed by atoms with Crippen LogP contribution in [-0.4, -0.2) is 85.6 Å². The van der Waals surface area contributed by atoms with E-state index in [1.54, 1.807) is 9.80 Å². The lowest BCUT2D eigenvalue weighted by Crippen LogP contribution is -2.46. The fraction of sp³-hybridized carbons (Fsp3) is 0.571. The van der Waals surface area contributed by atoms with Gasteiger partial charge in [-0.3, -0.25) is 9.59 Å². The summed E-state index contributed by atoms with van der Waals surface area (Å²) in [6, 6.07) is 9.27. The van der Waals surface area contributed by atoms with Gasteiger partial charge in [-0.25, -0.2) is 4.79 Å². The van der Waals surface area contributed by atoms with Gasteiger partial charge in [-0.1, -0.05) is 18.2 Å². The molecule has 8 heteroatoms. The van der Waals surface area contributed by atoms with E-state index >= 15 is 0 Å². The molecule has 0 saturated carbocycles. The number of nitrogens with zero attached hydrogens (tertiary/aromatic N) is 3. The van der Waals surface area contributed by atoms with E-state index in [0.29, 0.717) is 57.9 Å². The Morgan fingerprint density at radius 3 is 2.24 bits per heavy atom. The number of carbonyl (C=O) groups excluding carboxylic acids is 3. The van der Waals surface area contributed by atoms with Crippen LogP contribution in [0.4, 0.5) is 4.79 Å². The van der Waals surface area contributed by atoms with Crippen molar-refractivity contribution < 1.29 is 23.9 Å². The van der Waals surface area contributed by atoms with E-state index in [-0.39, 0.29) is 30.4 Å². The minimum absolute atomic E-state index is 0.0120. The maximum atomic E-state index is 12.9. The van der Waals surface area contributed by atoms with Crippen LogP contribution in [0.15, 0.2) is 30.3 Å². The number of rotatable bonds is 4. The molecule has 29 heavy (non-hydrogen) atoms. The van der Waals surface area contributed by atoms with Gasteiger partial charge in [0, 0.05) is 45.2 Å². The summed E-state index contributed by atoms with van der Waals surface area (Å²) in [5.74, 6) is 0.680. The fourth-order valence-electron chi connectivity index (χ4n) is 3.84. The summed E-state index contributed by atoms with van der Waals surface area (Å²) < 4.78 is 10.3. The third-order valence-corrected chi connectivity index (χ3v) is 5.54. The molecule has 2 heterocycles. The number of para-hydroxylation sites is 1. The van der Waals surface area contributed by atoms with Gasteiger partial charge < -0.3 is 24.2 Å². The molecule has 3 rings (SSSR count). The molecule has 0 N–H and O–H groups in total. The standard InChI is InChI=1S/C21H29N3O5/c1-28-21(27)24-11-5-10-23(14-15-24)20(26)17-8-12-22(13-9-17)19(25)16-29-18-6-3-2-4-7-18/h2-4,6-7,17H,5,8-16H2,1H3. The lowest BCUT2D eigenvalue weighted by Gasteiger charge is -2.34. The van der Waals surface area contributed by atoms with Gasteiger partial charge in [-0.15, -0.1) is 0 Å². The normalized spacial score (nSPS) is 18.2. The largest absolute Gasteiger partial charge is 0.484 e. The zero-order chi connectivity index (χ0) is 20.6. The zero-order valence-corrected chi connectivity index (χ0v) is 16.9. The molecule has 8 nitrogen and oxygen atoms in total. The highest BCUT2D eigenvalue weighted by Gasteiger charge is 2.31. The Kier molecular flexibility index (Phi) is 7.32. The zero-order valence-electron chi connectivity index (χ0n) is 16.9. The van der Waals surface area contributed by atoms with Crippen molar-refractivity contribution in [2.45, 2.75) is 19.3 Å². The molecule has 2 aliphatic heterocycles. The summed E-state index contributed by atoms with van der Waals surface area (Å²) in [5, 5.41) is 0. The second kappa shape index (κ2) is 10.1. The molecule has 2 aliphatic rings. The van der Waals surface area contributed by atoms with Crippen molar-refractivity contribution in [3.05, 3.63) is 30.3 Å². The van der Waals surface area contributed by atoms with Gasteiger partial charge >= 0.3 is 6.09 Å². The average Bonchev–Trinajstić information content (AvgIpc) is 3.03. The fourth-order valence-corrected chi connectivity index (χ4v) is 3.84. The molecule has 0 unspecified atom stereocenters. The number of likely N-dealkylation sites (tertiary alicyclic amines) is 1. The molecule has 0 aliphatic carbocycles. The lowest BCUT2D eigenvalue weighted by molar-refractivity contribution is -0.141. The maximum absolute atomic E-state index is 12.9. The highest BCUT2D eigenvalue weighted by molar-refractivity contribution is 5.81. The van der Waals surface area contributed by atoms with Crippen LogP contribution in [0.1, 0.15) is 19.3 Å². The van der Waals surface area contributed by atoms with Crippen molar-refractivity contribution in [2.24, 2.45) is 5.92 Å². The third-order valence-electron chi connectivity index (χ3n) is 5.54. The minimum Gasteiger partial charge on any atom is -0.484 e. The lowest BCUT2D eigenvalue weighted by atomic mass is 9.95. The predicted molar refractivity (Wildman–Crippen MR) is 106 cm³/mol. The van der Waals surface area contributed by atoms with Crippen LogP contribution < -0.4 is 4.74 Å². The van der Waals surface area contributed by atoms with Crippen LogP contribution in [-0.2, 0) is 14.3 Å². The number of amides is 3. The Balaban J connectivity index is 1.43. The highest BCUT2D eigenvalue weighted by atomic mass is 16.5. The van der Waals surface area contributed by atoms with E-state index in [2.05, 4.69) is 0 Å². The van der Waals surface area contributed by atoms with Gasteiger partial charge in [0.05, 0.1) is 7.11 Å². The van der Waals surface area contributed by atoms with E-state index in [9.17, 15) is 14.4 Å². The van der Waals surface area contributed by atoms with Crippen molar-refractivity contribution in [1.82, 2.24) is 14.7 Å². The second-order valence-corrected chi connectivity index (χ2v) is 7.39. The highest BCUT2D eigenvalue weighted by Crippen LogP contribution is 2.21. The predicted octanol–water partition coefficient (Wildman–Crippen LogP) is 1.60. The molecule has 0 spiro atoms.